The maximum absolute atomic E-state index is 12.3. The molecule has 6 heteroatoms. The largest absolute Gasteiger partial charge is 0.348 e. The third-order valence-corrected chi connectivity index (χ3v) is 5.37. The summed E-state index contributed by atoms with van der Waals surface area (Å²) in [6.45, 7) is 4.18. The van der Waals surface area contributed by atoms with Gasteiger partial charge in [0.2, 0.25) is 0 Å². The predicted octanol–water partition coefficient (Wildman–Crippen LogP) is 1.45. The number of urea groups is 1. The molecule has 0 radical (unpaired) electrons. The molecule has 2 amide bonds. The standard InChI is InChI=1S/C19H25N5O/c25-19(21-6-5-17-13-20-14-22-17)24-9-7-23(8-10-24)18-11-15-3-1-2-4-16(15)12-18/h1-4,13-14,18H,5-12H2,(H,20,22)(H,21,25). The minimum Gasteiger partial charge on any atom is -0.348 e. The van der Waals surface area contributed by atoms with E-state index in [1.165, 1.54) is 11.1 Å². The van der Waals surface area contributed by atoms with Crippen LogP contribution >= 0.6 is 0 Å². The van der Waals surface area contributed by atoms with Crippen molar-refractivity contribution in [3.05, 3.63) is 53.6 Å². The van der Waals surface area contributed by atoms with E-state index < -0.39 is 0 Å². The van der Waals surface area contributed by atoms with Crippen molar-refractivity contribution < 1.29 is 4.79 Å². The number of benzene rings is 1. The summed E-state index contributed by atoms with van der Waals surface area (Å²) in [4.78, 5) is 23.8. The van der Waals surface area contributed by atoms with Gasteiger partial charge in [0.15, 0.2) is 0 Å². The molecule has 0 unspecified atom stereocenters. The minimum absolute atomic E-state index is 0.0499. The zero-order valence-corrected chi connectivity index (χ0v) is 14.4. The van der Waals surface area contributed by atoms with Crippen molar-refractivity contribution in [3.8, 4) is 0 Å². The first-order valence-corrected chi connectivity index (χ1v) is 9.10. The SMILES string of the molecule is O=C(NCCc1cnc[nH]1)N1CCN(C2Cc3ccccc3C2)CC1. The summed E-state index contributed by atoms with van der Waals surface area (Å²) in [7, 11) is 0. The van der Waals surface area contributed by atoms with E-state index in [2.05, 4.69) is 44.5 Å². The molecule has 25 heavy (non-hydrogen) atoms. The number of carbonyl (C=O) groups excluding carboxylic acids is 1. The molecule has 132 valence electrons. The van der Waals surface area contributed by atoms with E-state index in [0.29, 0.717) is 12.6 Å². The third-order valence-electron chi connectivity index (χ3n) is 5.37. The lowest BCUT2D eigenvalue weighted by Crippen LogP contribution is -2.54. The molecule has 1 fully saturated rings. The Bertz CT molecular complexity index is 681. The number of piperazine rings is 1. The smallest absolute Gasteiger partial charge is 0.317 e. The Morgan fingerprint density at radius 3 is 2.52 bits per heavy atom. The average Bonchev–Trinajstić information content (AvgIpc) is 3.31. The Kier molecular flexibility index (Phi) is 4.70. The second-order valence-corrected chi connectivity index (χ2v) is 6.91. The lowest BCUT2D eigenvalue weighted by molar-refractivity contribution is 0.111. The van der Waals surface area contributed by atoms with Crippen molar-refractivity contribution in [2.45, 2.75) is 25.3 Å². The molecule has 2 aromatic rings. The number of aromatic nitrogens is 2. The number of nitrogens with zero attached hydrogens (tertiary/aromatic N) is 3. The molecule has 0 bridgehead atoms. The molecule has 4 rings (SSSR count). The lowest BCUT2D eigenvalue weighted by atomic mass is 10.1. The van der Waals surface area contributed by atoms with Gasteiger partial charge in [-0.3, -0.25) is 4.90 Å². The van der Waals surface area contributed by atoms with E-state index in [-0.39, 0.29) is 6.03 Å². The summed E-state index contributed by atoms with van der Waals surface area (Å²) in [5.41, 5.74) is 4.03. The van der Waals surface area contributed by atoms with E-state index in [9.17, 15) is 4.79 Å². The predicted molar refractivity (Wildman–Crippen MR) is 96.5 cm³/mol. The van der Waals surface area contributed by atoms with E-state index in [1.807, 2.05) is 4.90 Å². The minimum atomic E-state index is 0.0499. The first kappa shape index (κ1) is 16.1. The van der Waals surface area contributed by atoms with Gasteiger partial charge in [-0.15, -0.1) is 0 Å². The fourth-order valence-electron chi connectivity index (χ4n) is 3.92. The highest BCUT2D eigenvalue weighted by molar-refractivity contribution is 5.74. The molecule has 1 aromatic carbocycles. The first-order valence-electron chi connectivity index (χ1n) is 9.10. The monoisotopic (exact) mass is 339 g/mol. The van der Waals surface area contributed by atoms with Gasteiger partial charge in [-0.25, -0.2) is 9.78 Å². The number of imidazole rings is 1. The fourth-order valence-corrected chi connectivity index (χ4v) is 3.92. The number of aromatic amines is 1. The Balaban J connectivity index is 1.21. The topological polar surface area (TPSA) is 64.3 Å². The van der Waals surface area contributed by atoms with Crippen LogP contribution in [-0.4, -0.2) is 64.6 Å². The maximum Gasteiger partial charge on any atom is 0.317 e. The molecule has 2 N–H and O–H groups in total. The van der Waals surface area contributed by atoms with Crippen molar-refractivity contribution in [3.63, 3.8) is 0 Å². The van der Waals surface area contributed by atoms with Crippen molar-refractivity contribution in [2.24, 2.45) is 0 Å². The van der Waals surface area contributed by atoms with Crippen LogP contribution in [0.5, 0.6) is 0 Å². The molecule has 1 aromatic heterocycles. The van der Waals surface area contributed by atoms with Gasteiger partial charge in [0, 0.05) is 57.1 Å². The van der Waals surface area contributed by atoms with Crippen molar-refractivity contribution >= 4 is 6.03 Å². The van der Waals surface area contributed by atoms with Crippen LogP contribution in [0, 0.1) is 0 Å². The van der Waals surface area contributed by atoms with Gasteiger partial charge in [-0.1, -0.05) is 24.3 Å². The first-order chi connectivity index (χ1) is 12.3. The molecule has 0 saturated carbocycles. The van der Waals surface area contributed by atoms with E-state index in [0.717, 1.165) is 51.1 Å². The zero-order chi connectivity index (χ0) is 17.1. The van der Waals surface area contributed by atoms with Gasteiger partial charge >= 0.3 is 6.03 Å². The van der Waals surface area contributed by atoms with E-state index in [1.54, 1.807) is 12.5 Å². The molecular weight excluding hydrogens is 314 g/mol. The van der Waals surface area contributed by atoms with Crippen LogP contribution in [-0.2, 0) is 19.3 Å². The molecule has 2 heterocycles. The number of fused-ring (bicyclic) bond motifs is 1. The van der Waals surface area contributed by atoms with Crippen molar-refractivity contribution in [1.82, 2.24) is 25.1 Å². The molecule has 1 aliphatic carbocycles. The van der Waals surface area contributed by atoms with Crippen LogP contribution in [0.15, 0.2) is 36.8 Å². The van der Waals surface area contributed by atoms with Crippen LogP contribution in [0.1, 0.15) is 16.8 Å². The highest BCUT2D eigenvalue weighted by Gasteiger charge is 2.30. The number of hydrogen-bond donors (Lipinski definition) is 2. The average molecular weight is 339 g/mol. The van der Waals surface area contributed by atoms with Gasteiger partial charge in [0.05, 0.1) is 6.33 Å². The molecule has 0 atom stereocenters. The molecule has 2 aliphatic rings. The van der Waals surface area contributed by atoms with Crippen molar-refractivity contribution in [1.29, 1.82) is 0 Å². The van der Waals surface area contributed by atoms with Gasteiger partial charge in [0.25, 0.3) is 0 Å². The zero-order valence-electron chi connectivity index (χ0n) is 14.4. The number of carbonyl (C=O) groups is 1. The summed E-state index contributed by atoms with van der Waals surface area (Å²) in [5, 5.41) is 3.01. The normalized spacial score (nSPS) is 18.3. The Hall–Kier alpha value is -2.34. The molecule has 6 nitrogen and oxygen atoms in total. The Labute approximate surface area is 148 Å². The maximum atomic E-state index is 12.3. The summed E-state index contributed by atoms with van der Waals surface area (Å²) in [6, 6.07) is 9.41. The van der Waals surface area contributed by atoms with Crippen molar-refractivity contribution in [2.75, 3.05) is 32.7 Å². The number of hydrogen-bond acceptors (Lipinski definition) is 3. The highest BCUT2D eigenvalue weighted by atomic mass is 16.2. The van der Waals surface area contributed by atoms with Gasteiger partial charge in [-0.05, 0) is 24.0 Å². The summed E-state index contributed by atoms with van der Waals surface area (Å²) < 4.78 is 0. The van der Waals surface area contributed by atoms with Gasteiger partial charge in [0.1, 0.15) is 0 Å². The quantitative estimate of drug-likeness (QED) is 0.886. The highest BCUT2D eigenvalue weighted by Crippen LogP contribution is 2.26. The lowest BCUT2D eigenvalue weighted by Gasteiger charge is -2.38. The van der Waals surface area contributed by atoms with Crippen LogP contribution < -0.4 is 5.32 Å². The van der Waals surface area contributed by atoms with Crippen LogP contribution in [0.4, 0.5) is 4.79 Å². The second-order valence-electron chi connectivity index (χ2n) is 6.91. The summed E-state index contributed by atoms with van der Waals surface area (Å²) >= 11 is 0. The number of rotatable bonds is 4. The Morgan fingerprint density at radius 2 is 1.88 bits per heavy atom. The number of amides is 2. The van der Waals surface area contributed by atoms with Gasteiger partial charge < -0.3 is 15.2 Å². The number of nitrogens with one attached hydrogen (secondary N) is 2. The third kappa shape index (κ3) is 3.69. The molecule has 1 saturated heterocycles. The summed E-state index contributed by atoms with van der Waals surface area (Å²) in [5.74, 6) is 0. The Morgan fingerprint density at radius 1 is 1.16 bits per heavy atom. The van der Waals surface area contributed by atoms with E-state index in [4.69, 9.17) is 0 Å². The molecule has 1 aliphatic heterocycles. The molecule has 0 spiro atoms. The molecular formula is C19H25N5O. The van der Waals surface area contributed by atoms with Crippen LogP contribution in [0.3, 0.4) is 0 Å². The fraction of sp³-hybridized carbons (Fsp3) is 0.474. The van der Waals surface area contributed by atoms with E-state index >= 15 is 0 Å². The summed E-state index contributed by atoms with van der Waals surface area (Å²) in [6.07, 6.45) is 6.54. The van der Waals surface area contributed by atoms with Crippen LogP contribution in [0.2, 0.25) is 0 Å². The second kappa shape index (κ2) is 7.27. The van der Waals surface area contributed by atoms with Crippen LogP contribution in [0.25, 0.3) is 0 Å². The number of H-pyrrole nitrogens is 1. The van der Waals surface area contributed by atoms with Gasteiger partial charge in [-0.2, -0.15) is 0 Å².